The molecule has 0 spiro atoms. The molecule has 0 fully saturated rings. The molecule has 4 N–H and O–H groups in total. The van der Waals surface area contributed by atoms with Crippen LogP contribution in [0.1, 0.15) is 21.7 Å². The van der Waals surface area contributed by atoms with Crippen LogP contribution >= 0.6 is 0 Å². The molecule has 0 atom stereocenters. The zero-order chi connectivity index (χ0) is 14.7. The zero-order valence-electron chi connectivity index (χ0n) is 10.8. The van der Waals surface area contributed by atoms with E-state index in [1.54, 1.807) is 25.1 Å². The average Bonchev–Trinajstić information content (AvgIpc) is 2.70. The number of H-pyrrole nitrogens is 1. The van der Waals surface area contributed by atoms with Crippen molar-refractivity contribution in [2.24, 2.45) is 0 Å². The molecule has 0 aliphatic rings. The number of amides is 1. The topological polar surface area (TPSA) is 102 Å². The van der Waals surface area contributed by atoms with E-state index < -0.39 is 5.97 Å². The molecule has 0 aliphatic carbocycles. The number of hydrogen-bond donors (Lipinski definition) is 4. The summed E-state index contributed by atoms with van der Waals surface area (Å²) >= 11 is 0. The number of phenols is 1. The molecule has 0 radical (unpaired) electrons. The van der Waals surface area contributed by atoms with Crippen LogP contribution in [0.2, 0.25) is 0 Å². The highest BCUT2D eigenvalue weighted by Crippen LogP contribution is 2.18. The van der Waals surface area contributed by atoms with Crippen molar-refractivity contribution < 1.29 is 19.8 Å². The number of aromatic nitrogens is 1. The van der Waals surface area contributed by atoms with Gasteiger partial charge in [0.05, 0.1) is 12.1 Å². The van der Waals surface area contributed by atoms with Crippen molar-refractivity contribution in [3.63, 3.8) is 0 Å². The number of aromatic hydroxyl groups is 1. The van der Waals surface area contributed by atoms with Crippen molar-refractivity contribution in [1.82, 2.24) is 4.98 Å². The number of hydrogen-bond acceptors (Lipinski definition) is 3. The van der Waals surface area contributed by atoms with Gasteiger partial charge in [-0.25, -0.2) is 4.79 Å². The summed E-state index contributed by atoms with van der Waals surface area (Å²) in [5.74, 6) is -1.40. The molecule has 0 unspecified atom stereocenters. The Morgan fingerprint density at radius 3 is 2.70 bits per heavy atom. The van der Waals surface area contributed by atoms with Crippen LogP contribution in [-0.2, 0) is 11.2 Å². The molecule has 1 aromatic heterocycles. The molecule has 6 heteroatoms. The highest BCUT2D eigenvalue weighted by Gasteiger charge is 2.15. The largest absolute Gasteiger partial charge is 0.508 e. The third kappa shape index (κ3) is 3.17. The second-order valence-electron chi connectivity index (χ2n) is 4.44. The average molecular weight is 274 g/mol. The predicted molar refractivity (Wildman–Crippen MR) is 72.9 cm³/mol. The highest BCUT2D eigenvalue weighted by molar-refractivity contribution is 6.00. The Morgan fingerprint density at radius 1 is 1.30 bits per heavy atom. The Bertz CT molecular complexity index is 661. The van der Waals surface area contributed by atoms with Crippen LogP contribution in [0, 0.1) is 6.92 Å². The van der Waals surface area contributed by atoms with E-state index in [1.165, 1.54) is 12.1 Å². The van der Waals surface area contributed by atoms with Crippen LogP contribution in [0.3, 0.4) is 0 Å². The molecule has 1 aromatic carbocycles. The summed E-state index contributed by atoms with van der Waals surface area (Å²) in [5.41, 5.74) is 1.48. The van der Waals surface area contributed by atoms with E-state index in [4.69, 9.17) is 5.11 Å². The minimum atomic E-state index is -1.13. The summed E-state index contributed by atoms with van der Waals surface area (Å²) in [6.07, 6.45) is 0.0533. The van der Waals surface area contributed by atoms with Gasteiger partial charge in [0.2, 0.25) is 5.91 Å². The van der Waals surface area contributed by atoms with Crippen LogP contribution in [0.15, 0.2) is 30.3 Å². The SMILES string of the molecule is Cc1cc(NC(=O)Cc2cccc(O)c2)c(C(=O)O)[nH]1. The maximum Gasteiger partial charge on any atom is 0.354 e. The van der Waals surface area contributed by atoms with Crippen LogP contribution in [0.25, 0.3) is 0 Å². The number of carboxylic acids is 1. The Labute approximate surface area is 115 Å². The van der Waals surface area contributed by atoms with Crippen molar-refractivity contribution in [2.45, 2.75) is 13.3 Å². The van der Waals surface area contributed by atoms with E-state index >= 15 is 0 Å². The van der Waals surface area contributed by atoms with Gasteiger partial charge in [-0.3, -0.25) is 4.79 Å². The maximum atomic E-state index is 11.9. The Kier molecular flexibility index (Phi) is 3.74. The van der Waals surface area contributed by atoms with Crippen LogP contribution in [0.4, 0.5) is 5.69 Å². The fourth-order valence-corrected chi connectivity index (χ4v) is 1.90. The first kappa shape index (κ1) is 13.7. The van der Waals surface area contributed by atoms with Crippen molar-refractivity contribution in [2.75, 3.05) is 5.32 Å². The standard InChI is InChI=1S/C14H14N2O4/c1-8-5-11(13(15-8)14(19)20)16-12(18)7-9-3-2-4-10(17)6-9/h2-6,15,17H,7H2,1H3,(H,16,18)(H,19,20). The second kappa shape index (κ2) is 5.48. The first-order chi connectivity index (χ1) is 9.45. The van der Waals surface area contributed by atoms with Crippen molar-refractivity contribution in [3.8, 4) is 5.75 Å². The molecule has 2 rings (SSSR count). The van der Waals surface area contributed by atoms with Gasteiger partial charge in [0.15, 0.2) is 0 Å². The minimum absolute atomic E-state index is 0.0493. The number of carbonyl (C=O) groups excluding carboxylic acids is 1. The van der Waals surface area contributed by atoms with Crippen LogP contribution in [0.5, 0.6) is 5.75 Å². The Hall–Kier alpha value is -2.76. The van der Waals surface area contributed by atoms with E-state index in [1.807, 2.05) is 0 Å². The summed E-state index contributed by atoms with van der Waals surface area (Å²) < 4.78 is 0. The second-order valence-corrected chi connectivity index (χ2v) is 4.44. The van der Waals surface area contributed by atoms with Gasteiger partial charge in [-0.1, -0.05) is 12.1 Å². The van der Waals surface area contributed by atoms with E-state index in [-0.39, 0.29) is 29.5 Å². The molecule has 0 saturated carbocycles. The number of nitrogens with one attached hydrogen (secondary N) is 2. The number of phenolic OH excluding ortho intramolecular Hbond substituents is 1. The minimum Gasteiger partial charge on any atom is -0.508 e. The monoisotopic (exact) mass is 274 g/mol. The molecular formula is C14H14N2O4. The molecule has 0 saturated heterocycles. The quantitative estimate of drug-likeness (QED) is 0.683. The zero-order valence-corrected chi connectivity index (χ0v) is 10.8. The first-order valence-corrected chi connectivity index (χ1v) is 5.96. The number of aryl methyl sites for hydroxylation is 1. The Morgan fingerprint density at radius 2 is 2.05 bits per heavy atom. The van der Waals surface area contributed by atoms with E-state index in [0.29, 0.717) is 11.3 Å². The summed E-state index contributed by atoms with van der Waals surface area (Å²) in [5, 5.41) is 20.9. The van der Waals surface area contributed by atoms with Crippen molar-refractivity contribution in [1.29, 1.82) is 0 Å². The number of benzene rings is 1. The van der Waals surface area contributed by atoms with Crippen molar-refractivity contribution >= 4 is 17.6 Å². The number of rotatable bonds is 4. The normalized spacial score (nSPS) is 10.2. The van der Waals surface area contributed by atoms with Gasteiger partial charge >= 0.3 is 5.97 Å². The molecule has 2 aromatic rings. The number of anilines is 1. The van der Waals surface area contributed by atoms with E-state index in [0.717, 1.165) is 0 Å². The lowest BCUT2D eigenvalue weighted by molar-refractivity contribution is -0.115. The van der Waals surface area contributed by atoms with Gasteiger partial charge in [-0.05, 0) is 30.7 Å². The summed E-state index contributed by atoms with van der Waals surface area (Å²) in [7, 11) is 0. The lowest BCUT2D eigenvalue weighted by atomic mass is 10.1. The highest BCUT2D eigenvalue weighted by atomic mass is 16.4. The molecular weight excluding hydrogens is 260 g/mol. The van der Waals surface area contributed by atoms with Gasteiger partial charge in [-0.15, -0.1) is 0 Å². The van der Waals surface area contributed by atoms with Crippen molar-refractivity contribution in [3.05, 3.63) is 47.3 Å². The number of carbonyl (C=O) groups is 2. The summed E-state index contributed by atoms with van der Waals surface area (Å²) in [6, 6.07) is 7.91. The van der Waals surface area contributed by atoms with Gasteiger partial charge in [0.1, 0.15) is 11.4 Å². The number of aromatic carboxylic acids is 1. The van der Waals surface area contributed by atoms with Crippen LogP contribution in [-0.4, -0.2) is 27.1 Å². The molecule has 6 nitrogen and oxygen atoms in total. The van der Waals surface area contributed by atoms with E-state index in [9.17, 15) is 14.7 Å². The number of aromatic amines is 1. The Balaban J connectivity index is 2.10. The predicted octanol–water partition coefficient (Wildman–Crippen LogP) is 1.91. The maximum absolute atomic E-state index is 11.9. The molecule has 1 amide bonds. The summed E-state index contributed by atoms with van der Waals surface area (Å²) in [4.78, 5) is 25.5. The van der Waals surface area contributed by atoms with E-state index in [2.05, 4.69) is 10.3 Å². The smallest absolute Gasteiger partial charge is 0.354 e. The molecule has 1 heterocycles. The fraction of sp³-hybridized carbons (Fsp3) is 0.143. The molecule has 20 heavy (non-hydrogen) atoms. The van der Waals surface area contributed by atoms with Gasteiger partial charge < -0.3 is 20.5 Å². The third-order valence-corrected chi connectivity index (χ3v) is 2.72. The first-order valence-electron chi connectivity index (χ1n) is 5.96. The number of carboxylic acid groups (broad SMARTS) is 1. The molecule has 0 bridgehead atoms. The fourth-order valence-electron chi connectivity index (χ4n) is 1.90. The van der Waals surface area contributed by atoms with Gasteiger partial charge in [-0.2, -0.15) is 0 Å². The third-order valence-electron chi connectivity index (χ3n) is 2.72. The van der Waals surface area contributed by atoms with Crippen LogP contribution < -0.4 is 5.32 Å². The van der Waals surface area contributed by atoms with Gasteiger partial charge in [0, 0.05) is 5.69 Å². The molecule has 0 aliphatic heterocycles. The lowest BCUT2D eigenvalue weighted by Gasteiger charge is -2.05. The summed E-state index contributed by atoms with van der Waals surface area (Å²) in [6.45, 7) is 1.71. The lowest BCUT2D eigenvalue weighted by Crippen LogP contribution is -2.16. The van der Waals surface area contributed by atoms with Gasteiger partial charge in [0.25, 0.3) is 0 Å². The molecule has 104 valence electrons.